The van der Waals surface area contributed by atoms with Gasteiger partial charge < -0.3 is 14.2 Å². The van der Waals surface area contributed by atoms with Crippen molar-refractivity contribution >= 4 is 17.9 Å². The summed E-state index contributed by atoms with van der Waals surface area (Å²) < 4.78 is 16.3. The third kappa shape index (κ3) is 33.5. The second-order valence-electron chi connectivity index (χ2n) is 11.0. The Hall–Kier alpha value is -3.67. The Morgan fingerprint density at radius 2 is 0.830 bits per heavy atom. The molecule has 0 spiro atoms. The summed E-state index contributed by atoms with van der Waals surface area (Å²) >= 11 is 0. The van der Waals surface area contributed by atoms with Gasteiger partial charge in [-0.05, 0) is 83.5 Å². The highest BCUT2D eigenvalue weighted by molar-refractivity contribution is 5.72. The van der Waals surface area contributed by atoms with Crippen molar-refractivity contribution in [3.8, 4) is 0 Å². The van der Waals surface area contributed by atoms with E-state index in [9.17, 15) is 14.4 Å². The number of allylic oxidation sites excluding steroid dienone is 15. The molecule has 6 nitrogen and oxygen atoms in total. The number of carbonyl (C=O) groups is 3. The number of hydrogen-bond donors (Lipinski definition) is 0. The zero-order valence-electron chi connectivity index (χ0n) is 29.5. The molecule has 262 valence electrons. The number of carbonyl (C=O) groups excluding carboxylic acids is 3. The van der Waals surface area contributed by atoms with Gasteiger partial charge in [0.25, 0.3) is 0 Å². The van der Waals surface area contributed by atoms with Gasteiger partial charge >= 0.3 is 17.9 Å². The maximum atomic E-state index is 12.5. The molecule has 0 aliphatic rings. The van der Waals surface area contributed by atoms with E-state index in [1.54, 1.807) is 6.08 Å². The number of unbranched alkanes of at least 4 members (excludes halogenated alkanes) is 3. The van der Waals surface area contributed by atoms with Gasteiger partial charge in [0.2, 0.25) is 0 Å². The van der Waals surface area contributed by atoms with Crippen LogP contribution >= 0.6 is 0 Å². The van der Waals surface area contributed by atoms with Crippen molar-refractivity contribution in [2.24, 2.45) is 0 Å². The molecular weight excluding hydrogens is 588 g/mol. The zero-order valence-corrected chi connectivity index (χ0v) is 29.5. The first-order valence-electron chi connectivity index (χ1n) is 17.7. The molecule has 1 unspecified atom stereocenters. The lowest BCUT2D eigenvalue weighted by molar-refractivity contribution is -0.166. The van der Waals surface area contributed by atoms with Crippen molar-refractivity contribution < 1.29 is 28.6 Å². The molecule has 0 aliphatic carbocycles. The first-order chi connectivity index (χ1) is 23.0. The minimum absolute atomic E-state index is 0.0840. The van der Waals surface area contributed by atoms with E-state index in [0.29, 0.717) is 12.8 Å². The van der Waals surface area contributed by atoms with Crippen LogP contribution in [0.2, 0.25) is 0 Å². The van der Waals surface area contributed by atoms with Crippen LogP contribution in [0.15, 0.2) is 97.2 Å². The van der Waals surface area contributed by atoms with Crippen molar-refractivity contribution in [3.63, 3.8) is 0 Å². The minimum atomic E-state index is -0.855. The number of ether oxygens (including phenoxy) is 3. The molecule has 0 amide bonds. The summed E-state index contributed by atoms with van der Waals surface area (Å²) in [5, 5.41) is 0. The van der Waals surface area contributed by atoms with E-state index in [1.807, 2.05) is 12.2 Å². The maximum Gasteiger partial charge on any atom is 0.310 e. The van der Waals surface area contributed by atoms with Gasteiger partial charge in [0.15, 0.2) is 6.10 Å². The van der Waals surface area contributed by atoms with E-state index in [2.05, 4.69) is 99.8 Å². The van der Waals surface area contributed by atoms with Crippen LogP contribution in [0.25, 0.3) is 0 Å². The van der Waals surface area contributed by atoms with Crippen LogP contribution in [0, 0.1) is 0 Å². The molecule has 0 rings (SSSR count). The van der Waals surface area contributed by atoms with Crippen molar-refractivity contribution in [2.45, 2.75) is 130 Å². The lowest BCUT2D eigenvalue weighted by atomic mass is 10.2. The lowest BCUT2D eigenvalue weighted by Gasteiger charge is -2.18. The molecule has 0 heterocycles. The van der Waals surface area contributed by atoms with Crippen LogP contribution in [-0.4, -0.2) is 37.2 Å². The first-order valence-corrected chi connectivity index (χ1v) is 17.7. The fraction of sp³-hybridized carbons (Fsp3) is 0.537. The monoisotopic (exact) mass is 650 g/mol. The Kier molecular flexibility index (Phi) is 32.4. The fourth-order valence-corrected chi connectivity index (χ4v) is 4.03. The van der Waals surface area contributed by atoms with Gasteiger partial charge in [0, 0.05) is 12.8 Å². The standard InChI is InChI=1S/C41H62O6/c1-4-7-10-13-16-19-20-23-25-28-31-34-40(43)46-37-38(47-41(44)35-32-29-26-22-18-15-12-9-6-3)36-45-39(42)33-30-27-24-21-17-14-11-8-5-2/h7-12,16-19,21-23,25,29,32,38H,4-6,13-15,20,24,26-28,30-31,33-37H2,1-3H3/b10-7-,11-8-,12-9-,19-16-,21-17-,22-18-,25-23-,32-29-. The molecule has 0 fully saturated rings. The summed E-state index contributed by atoms with van der Waals surface area (Å²) in [4.78, 5) is 37.2. The largest absolute Gasteiger partial charge is 0.462 e. The summed E-state index contributed by atoms with van der Waals surface area (Å²) in [5.41, 5.74) is 0. The van der Waals surface area contributed by atoms with Gasteiger partial charge in [-0.3, -0.25) is 14.4 Å². The van der Waals surface area contributed by atoms with E-state index in [-0.39, 0.29) is 44.4 Å². The number of esters is 3. The molecule has 1 atom stereocenters. The Balaban J connectivity index is 4.63. The van der Waals surface area contributed by atoms with Crippen LogP contribution in [0.5, 0.6) is 0 Å². The summed E-state index contributed by atoms with van der Waals surface area (Å²) in [5.74, 6) is -1.19. The van der Waals surface area contributed by atoms with E-state index in [4.69, 9.17) is 14.2 Å². The van der Waals surface area contributed by atoms with Crippen LogP contribution < -0.4 is 0 Å². The molecule has 0 aromatic heterocycles. The Labute approximate surface area is 286 Å². The zero-order chi connectivity index (χ0) is 34.5. The summed E-state index contributed by atoms with van der Waals surface area (Å²) in [6, 6.07) is 0. The van der Waals surface area contributed by atoms with Gasteiger partial charge in [-0.1, -0.05) is 118 Å². The molecule has 47 heavy (non-hydrogen) atoms. The van der Waals surface area contributed by atoms with Gasteiger partial charge in [-0.15, -0.1) is 0 Å². The molecule has 0 bridgehead atoms. The van der Waals surface area contributed by atoms with E-state index in [0.717, 1.165) is 70.6 Å². The first kappa shape index (κ1) is 43.3. The van der Waals surface area contributed by atoms with E-state index < -0.39 is 12.1 Å². The topological polar surface area (TPSA) is 78.9 Å². The Bertz CT molecular complexity index is 1020. The van der Waals surface area contributed by atoms with Crippen LogP contribution in [0.4, 0.5) is 0 Å². The van der Waals surface area contributed by atoms with Crippen LogP contribution in [-0.2, 0) is 28.6 Å². The van der Waals surface area contributed by atoms with Gasteiger partial charge in [0.1, 0.15) is 13.2 Å². The predicted octanol–water partition coefficient (Wildman–Crippen LogP) is 10.7. The molecule has 0 aromatic rings. The molecule has 0 saturated heterocycles. The Morgan fingerprint density at radius 1 is 0.447 bits per heavy atom. The van der Waals surface area contributed by atoms with Crippen molar-refractivity contribution in [1.29, 1.82) is 0 Å². The summed E-state index contributed by atoms with van der Waals surface area (Å²) in [6.07, 6.45) is 44.5. The molecule has 0 saturated carbocycles. The Morgan fingerprint density at radius 3 is 1.30 bits per heavy atom. The van der Waals surface area contributed by atoms with Gasteiger partial charge in [0.05, 0.1) is 6.42 Å². The smallest absolute Gasteiger partial charge is 0.310 e. The third-order valence-corrected chi connectivity index (χ3v) is 6.60. The number of rotatable bonds is 29. The van der Waals surface area contributed by atoms with Crippen molar-refractivity contribution in [2.75, 3.05) is 13.2 Å². The highest BCUT2D eigenvalue weighted by atomic mass is 16.6. The SMILES string of the molecule is CC/C=C\C/C=C\C/C=C\CCCC(=O)OCC(COC(=O)CCCC/C=C\C/C=C\CC)OC(=O)C/C=C\C/C=C\C/C=C\CC. The molecule has 0 radical (unpaired) electrons. The van der Waals surface area contributed by atoms with Crippen LogP contribution in [0.1, 0.15) is 124 Å². The summed E-state index contributed by atoms with van der Waals surface area (Å²) in [6.45, 7) is 6.03. The van der Waals surface area contributed by atoms with E-state index >= 15 is 0 Å². The van der Waals surface area contributed by atoms with Gasteiger partial charge in [-0.2, -0.15) is 0 Å². The molecule has 0 N–H and O–H groups in total. The molecular formula is C41H62O6. The van der Waals surface area contributed by atoms with Gasteiger partial charge in [-0.25, -0.2) is 0 Å². The third-order valence-electron chi connectivity index (χ3n) is 6.60. The quantitative estimate of drug-likeness (QED) is 0.0347. The number of hydrogen-bond acceptors (Lipinski definition) is 6. The molecule has 6 heteroatoms. The average Bonchev–Trinajstić information content (AvgIpc) is 3.06. The van der Waals surface area contributed by atoms with Crippen LogP contribution in [0.3, 0.4) is 0 Å². The minimum Gasteiger partial charge on any atom is -0.462 e. The maximum absolute atomic E-state index is 12.5. The highest BCUT2D eigenvalue weighted by Gasteiger charge is 2.19. The normalized spacial score (nSPS) is 13.2. The van der Waals surface area contributed by atoms with Crippen molar-refractivity contribution in [1.82, 2.24) is 0 Å². The highest BCUT2D eigenvalue weighted by Crippen LogP contribution is 2.07. The molecule has 0 aliphatic heterocycles. The lowest BCUT2D eigenvalue weighted by Crippen LogP contribution is -2.30. The van der Waals surface area contributed by atoms with E-state index in [1.165, 1.54) is 0 Å². The predicted molar refractivity (Wildman–Crippen MR) is 196 cm³/mol. The second-order valence-corrected chi connectivity index (χ2v) is 11.0. The van der Waals surface area contributed by atoms with Crippen molar-refractivity contribution in [3.05, 3.63) is 97.2 Å². The summed E-state index contributed by atoms with van der Waals surface area (Å²) in [7, 11) is 0. The fourth-order valence-electron chi connectivity index (χ4n) is 4.03. The molecule has 0 aromatic carbocycles. The average molecular weight is 651 g/mol. The second kappa shape index (κ2) is 35.2.